The third-order valence-corrected chi connectivity index (χ3v) is 2.54. The maximum Gasteiger partial charge on any atom is 0.308 e. The van der Waals surface area contributed by atoms with Crippen LogP contribution in [-0.2, 0) is 22.6 Å². The van der Waals surface area contributed by atoms with Crippen molar-refractivity contribution < 1.29 is 14.7 Å². The van der Waals surface area contributed by atoms with E-state index in [2.05, 4.69) is 10.3 Å². The minimum atomic E-state index is -0.914. The highest BCUT2D eigenvalue weighted by Crippen LogP contribution is 2.08. The Morgan fingerprint density at radius 3 is 2.82 bits per heavy atom. The molecule has 0 aliphatic rings. The van der Waals surface area contributed by atoms with Crippen molar-refractivity contribution in [2.24, 2.45) is 5.92 Å². The lowest BCUT2D eigenvalue weighted by atomic mass is 10.0. The van der Waals surface area contributed by atoms with Gasteiger partial charge in [0.25, 0.3) is 0 Å². The topological polar surface area (TPSA) is 84.2 Å². The molecular formula is C11H17N3O3. The second-order valence-electron chi connectivity index (χ2n) is 3.85. The summed E-state index contributed by atoms with van der Waals surface area (Å²) in [6, 6.07) is 0. The summed E-state index contributed by atoms with van der Waals surface area (Å²) in [4.78, 5) is 25.8. The Morgan fingerprint density at radius 1 is 1.59 bits per heavy atom. The van der Waals surface area contributed by atoms with E-state index in [-0.39, 0.29) is 12.5 Å². The van der Waals surface area contributed by atoms with Crippen LogP contribution in [0, 0.1) is 5.92 Å². The molecule has 6 heteroatoms. The van der Waals surface area contributed by atoms with Crippen molar-refractivity contribution in [3.8, 4) is 0 Å². The number of nitrogens with one attached hydrogen (secondary N) is 1. The van der Waals surface area contributed by atoms with Crippen molar-refractivity contribution in [2.45, 2.75) is 26.8 Å². The fraction of sp³-hybridized carbons (Fsp3) is 0.545. The zero-order valence-electron chi connectivity index (χ0n) is 10.0. The Hall–Kier alpha value is -1.85. The average molecular weight is 239 g/mol. The minimum Gasteiger partial charge on any atom is -0.481 e. The van der Waals surface area contributed by atoms with Crippen molar-refractivity contribution in [3.05, 3.63) is 18.2 Å². The van der Waals surface area contributed by atoms with E-state index in [0.717, 1.165) is 12.2 Å². The van der Waals surface area contributed by atoms with E-state index in [1.165, 1.54) is 6.92 Å². The first kappa shape index (κ1) is 13.2. The number of imidazole rings is 1. The lowest BCUT2D eigenvalue weighted by molar-refractivity contribution is -0.141. The van der Waals surface area contributed by atoms with Crippen LogP contribution in [0.2, 0.25) is 0 Å². The first-order chi connectivity index (χ1) is 8.04. The number of hydrogen-bond acceptors (Lipinski definition) is 3. The van der Waals surface area contributed by atoms with Gasteiger partial charge in [0.15, 0.2) is 0 Å². The van der Waals surface area contributed by atoms with Gasteiger partial charge in [0, 0.05) is 38.3 Å². The van der Waals surface area contributed by atoms with Crippen molar-refractivity contribution in [1.82, 2.24) is 14.9 Å². The van der Waals surface area contributed by atoms with E-state index in [1.807, 2.05) is 11.5 Å². The molecule has 0 saturated carbocycles. The number of amides is 1. The molecule has 6 nitrogen and oxygen atoms in total. The molecule has 0 spiro atoms. The predicted molar refractivity (Wildman–Crippen MR) is 61.4 cm³/mol. The number of hydrogen-bond donors (Lipinski definition) is 2. The maximum atomic E-state index is 11.1. The fourth-order valence-corrected chi connectivity index (χ4v) is 1.57. The highest BCUT2D eigenvalue weighted by Gasteiger charge is 2.19. The van der Waals surface area contributed by atoms with Crippen LogP contribution in [0.25, 0.3) is 0 Å². The number of carboxylic acids is 1. The van der Waals surface area contributed by atoms with Gasteiger partial charge in [-0.1, -0.05) is 0 Å². The number of aromatic nitrogens is 2. The van der Waals surface area contributed by atoms with E-state index < -0.39 is 11.9 Å². The van der Waals surface area contributed by atoms with Gasteiger partial charge in [-0.25, -0.2) is 4.98 Å². The summed E-state index contributed by atoms with van der Waals surface area (Å²) in [6.45, 7) is 4.23. The van der Waals surface area contributed by atoms with Gasteiger partial charge in [0.05, 0.1) is 12.2 Å². The van der Waals surface area contributed by atoms with Gasteiger partial charge in [-0.05, 0) is 6.92 Å². The van der Waals surface area contributed by atoms with Crippen LogP contribution in [0.3, 0.4) is 0 Å². The monoisotopic (exact) mass is 239 g/mol. The van der Waals surface area contributed by atoms with Crippen LogP contribution in [0.1, 0.15) is 19.5 Å². The van der Waals surface area contributed by atoms with Gasteiger partial charge in [-0.2, -0.15) is 0 Å². The van der Waals surface area contributed by atoms with Crippen molar-refractivity contribution in [3.63, 3.8) is 0 Å². The molecule has 0 aliphatic heterocycles. The molecule has 2 N–H and O–H groups in total. The molecule has 1 heterocycles. The van der Waals surface area contributed by atoms with Gasteiger partial charge in [-0.3, -0.25) is 9.59 Å². The number of carbonyl (C=O) groups excluding carboxylic acids is 1. The quantitative estimate of drug-likeness (QED) is 0.747. The Bertz CT molecular complexity index is 400. The van der Waals surface area contributed by atoms with E-state index in [4.69, 9.17) is 5.11 Å². The molecule has 0 saturated heterocycles. The molecule has 1 amide bonds. The third kappa shape index (κ3) is 3.90. The number of aliphatic carboxylic acids is 1. The summed E-state index contributed by atoms with van der Waals surface area (Å²) < 4.78 is 1.89. The van der Waals surface area contributed by atoms with Crippen LogP contribution in [0.15, 0.2) is 12.5 Å². The first-order valence-electron chi connectivity index (χ1n) is 5.50. The molecular weight excluding hydrogens is 222 g/mol. The van der Waals surface area contributed by atoms with Crippen LogP contribution in [-0.4, -0.2) is 33.1 Å². The molecule has 0 aliphatic carbocycles. The first-order valence-corrected chi connectivity index (χ1v) is 5.50. The van der Waals surface area contributed by atoms with Crippen LogP contribution in [0.4, 0.5) is 0 Å². The maximum absolute atomic E-state index is 11.1. The van der Waals surface area contributed by atoms with Crippen molar-refractivity contribution in [1.29, 1.82) is 0 Å². The molecule has 0 bridgehead atoms. The average Bonchev–Trinajstić information content (AvgIpc) is 2.70. The van der Waals surface area contributed by atoms with Gasteiger partial charge < -0.3 is 15.0 Å². The largest absolute Gasteiger partial charge is 0.481 e. The lowest BCUT2D eigenvalue weighted by Gasteiger charge is -2.13. The van der Waals surface area contributed by atoms with Crippen LogP contribution >= 0.6 is 0 Å². The molecule has 1 rings (SSSR count). The zero-order valence-corrected chi connectivity index (χ0v) is 10.0. The smallest absolute Gasteiger partial charge is 0.308 e. The van der Waals surface area contributed by atoms with Gasteiger partial charge >= 0.3 is 5.97 Å². The molecule has 1 aromatic rings. The SMILES string of the molecule is CCn1cncc1CC(CNC(C)=O)C(=O)O. The second-order valence-corrected chi connectivity index (χ2v) is 3.85. The van der Waals surface area contributed by atoms with E-state index in [1.54, 1.807) is 12.5 Å². The van der Waals surface area contributed by atoms with E-state index >= 15 is 0 Å². The summed E-state index contributed by atoms with van der Waals surface area (Å²) >= 11 is 0. The second kappa shape index (κ2) is 6.03. The molecule has 0 fully saturated rings. The predicted octanol–water partition coefficient (Wildman–Crippen LogP) is 0.282. The zero-order chi connectivity index (χ0) is 12.8. The molecule has 94 valence electrons. The van der Waals surface area contributed by atoms with Gasteiger partial charge in [-0.15, -0.1) is 0 Å². The molecule has 0 aromatic carbocycles. The molecule has 1 unspecified atom stereocenters. The Labute approximate surface area is 99.7 Å². The van der Waals surface area contributed by atoms with Gasteiger partial charge in [0.1, 0.15) is 0 Å². The number of carboxylic acid groups (broad SMARTS) is 1. The van der Waals surface area contributed by atoms with Crippen molar-refractivity contribution in [2.75, 3.05) is 6.54 Å². The fourth-order valence-electron chi connectivity index (χ4n) is 1.57. The van der Waals surface area contributed by atoms with Crippen LogP contribution < -0.4 is 5.32 Å². The number of rotatable bonds is 6. The van der Waals surface area contributed by atoms with Gasteiger partial charge in [0.2, 0.25) is 5.91 Å². The van der Waals surface area contributed by atoms with E-state index in [0.29, 0.717) is 6.42 Å². The summed E-state index contributed by atoms with van der Waals surface area (Å²) in [6.07, 6.45) is 3.70. The number of carbonyl (C=O) groups is 2. The highest BCUT2D eigenvalue weighted by molar-refractivity contribution is 5.75. The summed E-state index contributed by atoms with van der Waals surface area (Å²) in [5.41, 5.74) is 0.866. The molecule has 1 aromatic heterocycles. The number of aryl methyl sites for hydroxylation is 1. The molecule has 17 heavy (non-hydrogen) atoms. The third-order valence-electron chi connectivity index (χ3n) is 2.54. The van der Waals surface area contributed by atoms with Crippen LogP contribution in [0.5, 0.6) is 0 Å². The Kier molecular flexibility index (Phi) is 4.68. The lowest BCUT2D eigenvalue weighted by Crippen LogP contribution is -2.33. The van der Waals surface area contributed by atoms with E-state index in [9.17, 15) is 9.59 Å². The molecule has 0 radical (unpaired) electrons. The molecule has 1 atom stereocenters. The Morgan fingerprint density at radius 2 is 2.29 bits per heavy atom. The summed E-state index contributed by atoms with van der Waals surface area (Å²) in [7, 11) is 0. The number of nitrogens with zero attached hydrogens (tertiary/aromatic N) is 2. The standard InChI is InChI=1S/C11H17N3O3/c1-3-14-7-12-6-10(14)4-9(11(16)17)5-13-8(2)15/h6-7,9H,3-5H2,1-2H3,(H,13,15)(H,16,17). The summed E-state index contributed by atoms with van der Waals surface area (Å²) in [5.74, 6) is -1.76. The summed E-state index contributed by atoms with van der Waals surface area (Å²) in [5, 5.41) is 11.6. The minimum absolute atomic E-state index is 0.138. The van der Waals surface area contributed by atoms with Crippen molar-refractivity contribution >= 4 is 11.9 Å². The normalized spacial score (nSPS) is 12.1. The highest BCUT2D eigenvalue weighted by atomic mass is 16.4. The Balaban J connectivity index is 2.66.